The van der Waals surface area contributed by atoms with E-state index < -0.39 is 4.92 Å². The van der Waals surface area contributed by atoms with E-state index in [9.17, 15) is 10.1 Å². The molecule has 1 aromatic rings. The molecule has 0 aromatic heterocycles. The van der Waals surface area contributed by atoms with Crippen molar-refractivity contribution in [3.05, 3.63) is 39.4 Å². The molecular formula is C14H19N3O2. The average Bonchev–Trinajstić information content (AvgIpc) is 2.36. The van der Waals surface area contributed by atoms with Crippen LogP contribution in [0.2, 0.25) is 0 Å². The Labute approximate surface area is 113 Å². The minimum Gasteiger partial charge on any atom is -0.317 e. The summed E-state index contributed by atoms with van der Waals surface area (Å²) in [5, 5.41) is 23.0. The number of nitro benzene ring substituents is 1. The van der Waals surface area contributed by atoms with Crippen molar-refractivity contribution in [2.24, 2.45) is 5.92 Å². The standard InChI is InChI=1S/C14H19N3O2/c1-10(2)6-13(16-3)8-11-4-5-14(17(18)19)12(7-11)9-15/h4-5,7,10,13,16H,6,8H2,1-3H3. The molecule has 0 amide bonds. The molecule has 0 aliphatic heterocycles. The summed E-state index contributed by atoms with van der Waals surface area (Å²) < 4.78 is 0. The fourth-order valence-corrected chi connectivity index (χ4v) is 2.12. The summed E-state index contributed by atoms with van der Waals surface area (Å²) in [6.07, 6.45) is 1.79. The summed E-state index contributed by atoms with van der Waals surface area (Å²) in [5.74, 6) is 0.575. The molecule has 0 heterocycles. The van der Waals surface area contributed by atoms with Crippen LogP contribution in [-0.2, 0) is 6.42 Å². The van der Waals surface area contributed by atoms with Crippen LogP contribution in [0.1, 0.15) is 31.4 Å². The Morgan fingerprint density at radius 2 is 2.16 bits per heavy atom. The Hall–Kier alpha value is -1.93. The predicted octanol–water partition coefficient (Wildman–Crippen LogP) is 2.64. The third-order valence-corrected chi connectivity index (χ3v) is 3.02. The summed E-state index contributed by atoms with van der Waals surface area (Å²) in [5.41, 5.74) is 0.945. The summed E-state index contributed by atoms with van der Waals surface area (Å²) in [7, 11) is 1.91. The summed E-state index contributed by atoms with van der Waals surface area (Å²) >= 11 is 0. The smallest absolute Gasteiger partial charge is 0.287 e. The third-order valence-electron chi connectivity index (χ3n) is 3.02. The summed E-state index contributed by atoms with van der Waals surface area (Å²) in [6.45, 7) is 4.31. The van der Waals surface area contributed by atoms with Gasteiger partial charge < -0.3 is 5.32 Å². The van der Waals surface area contributed by atoms with E-state index in [0.717, 1.165) is 18.4 Å². The van der Waals surface area contributed by atoms with Crippen molar-refractivity contribution in [1.29, 1.82) is 5.26 Å². The first-order chi connectivity index (χ1) is 8.97. The lowest BCUT2D eigenvalue weighted by atomic mass is 9.96. The van der Waals surface area contributed by atoms with E-state index >= 15 is 0 Å². The first-order valence-corrected chi connectivity index (χ1v) is 6.32. The van der Waals surface area contributed by atoms with Gasteiger partial charge in [-0.1, -0.05) is 19.9 Å². The van der Waals surface area contributed by atoms with Gasteiger partial charge in [-0.3, -0.25) is 10.1 Å². The molecule has 5 heteroatoms. The molecule has 0 radical (unpaired) electrons. The Morgan fingerprint density at radius 1 is 1.47 bits per heavy atom. The number of hydrogen-bond acceptors (Lipinski definition) is 4. The van der Waals surface area contributed by atoms with Gasteiger partial charge >= 0.3 is 0 Å². The molecule has 1 N–H and O–H groups in total. The zero-order valence-electron chi connectivity index (χ0n) is 11.5. The first kappa shape index (κ1) is 15.1. The Balaban J connectivity index is 2.91. The van der Waals surface area contributed by atoms with Crippen molar-refractivity contribution in [3.63, 3.8) is 0 Å². The van der Waals surface area contributed by atoms with Crippen LogP contribution in [0.4, 0.5) is 5.69 Å². The lowest BCUT2D eigenvalue weighted by Gasteiger charge is -2.18. The fraction of sp³-hybridized carbons (Fsp3) is 0.500. The summed E-state index contributed by atoms with van der Waals surface area (Å²) in [6, 6.07) is 6.95. The molecule has 1 aromatic carbocycles. The zero-order valence-corrected chi connectivity index (χ0v) is 11.5. The van der Waals surface area contributed by atoms with Crippen LogP contribution in [0, 0.1) is 27.4 Å². The van der Waals surface area contributed by atoms with Crippen molar-refractivity contribution in [3.8, 4) is 6.07 Å². The number of nitrogens with one attached hydrogen (secondary N) is 1. The van der Waals surface area contributed by atoms with Crippen molar-refractivity contribution in [1.82, 2.24) is 5.32 Å². The van der Waals surface area contributed by atoms with Gasteiger partial charge in [-0.05, 0) is 37.4 Å². The lowest BCUT2D eigenvalue weighted by molar-refractivity contribution is -0.385. The van der Waals surface area contributed by atoms with Crippen LogP contribution in [0.25, 0.3) is 0 Å². The SMILES string of the molecule is CNC(Cc1ccc([N+](=O)[O-])c(C#N)c1)CC(C)C. The van der Waals surface area contributed by atoms with Gasteiger partial charge in [-0.15, -0.1) is 0 Å². The van der Waals surface area contributed by atoms with Gasteiger partial charge in [0.15, 0.2) is 0 Å². The molecule has 0 saturated heterocycles. The molecule has 1 rings (SSSR count). The van der Waals surface area contributed by atoms with E-state index in [2.05, 4.69) is 19.2 Å². The van der Waals surface area contributed by atoms with Crippen LogP contribution in [-0.4, -0.2) is 18.0 Å². The van der Waals surface area contributed by atoms with E-state index in [-0.39, 0.29) is 11.3 Å². The van der Waals surface area contributed by atoms with Crippen molar-refractivity contribution >= 4 is 5.69 Å². The number of nitro groups is 1. The van der Waals surface area contributed by atoms with E-state index in [0.29, 0.717) is 12.0 Å². The molecule has 0 bridgehead atoms. The van der Waals surface area contributed by atoms with E-state index in [1.54, 1.807) is 12.1 Å². The highest BCUT2D eigenvalue weighted by Gasteiger charge is 2.15. The third kappa shape index (κ3) is 4.34. The van der Waals surface area contributed by atoms with Crippen molar-refractivity contribution in [2.45, 2.75) is 32.7 Å². The molecule has 0 aliphatic rings. The number of hydrogen-bond donors (Lipinski definition) is 1. The molecule has 0 aliphatic carbocycles. The maximum absolute atomic E-state index is 10.8. The van der Waals surface area contributed by atoms with E-state index in [1.165, 1.54) is 6.07 Å². The highest BCUT2D eigenvalue weighted by atomic mass is 16.6. The summed E-state index contributed by atoms with van der Waals surface area (Å²) in [4.78, 5) is 10.2. The second-order valence-electron chi connectivity index (χ2n) is 5.04. The minimum atomic E-state index is -0.522. The quantitative estimate of drug-likeness (QED) is 0.630. The number of benzene rings is 1. The average molecular weight is 261 g/mol. The Kier molecular flexibility index (Phi) is 5.46. The van der Waals surface area contributed by atoms with Gasteiger partial charge in [0, 0.05) is 12.1 Å². The molecule has 0 spiro atoms. The molecular weight excluding hydrogens is 242 g/mol. The molecule has 0 fully saturated rings. The minimum absolute atomic E-state index is 0.127. The van der Waals surface area contributed by atoms with Gasteiger partial charge in [0.1, 0.15) is 11.6 Å². The number of rotatable bonds is 6. The van der Waals surface area contributed by atoms with Gasteiger partial charge in [0.05, 0.1) is 4.92 Å². The Bertz CT molecular complexity index is 492. The van der Waals surface area contributed by atoms with Crippen LogP contribution in [0.15, 0.2) is 18.2 Å². The van der Waals surface area contributed by atoms with E-state index in [1.807, 2.05) is 13.1 Å². The lowest BCUT2D eigenvalue weighted by Crippen LogP contribution is -2.29. The van der Waals surface area contributed by atoms with Gasteiger partial charge in [0.25, 0.3) is 5.69 Å². The topological polar surface area (TPSA) is 79.0 Å². The zero-order chi connectivity index (χ0) is 14.4. The largest absolute Gasteiger partial charge is 0.317 e. The van der Waals surface area contributed by atoms with Crippen LogP contribution in [0.3, 0.4) is 0 Å². The van der Waals surface area contributed by atoms with Crippen LogP contribution in [0.5, 0.6) is 0 Å². The maximum Gasteiger partial charge on any atom is 0.287 e. The molecule has 19 heavy (non-hydrogen) atoms. The molecule has 5 nitrogen and oxygen atoms in total. The number of nitriles is 1. The Morgan fingerprint density at radius 3 is 2.63 bits per heavy atom. The second kappa shape index (κ2) is 6.86. The van der Waals surface area contributed by atoms with Crippen molar-refractivity contribution in [2.75, 3.05) is 7.05 Å². The second-order valence-corrected chi connectivity index (χ2v) is 5.04. The predicted molar refractivity (Wildman–Crippen MR) is 73.8 cm³/mol. The highest BCUT2D eigenvalue weighted by molar-refractivity contribution is 5.50. The van der Waals surface area contributed by atoms with E-state index in [4.69, 9.17) is 5.26 Å². The monoisotopic (exact) mass is 261 g/mol. The van der Waals surface area contributed by atoms with Crippen LogP contribution >= 0.6 is 0 Å². The number of nitrogens with zero attached hydrogens (tertiary/aromatic N) is 2. The maximum atomic E-state index is 10.8. The fourth-order valence-electron chi connectivity index (χ4n) is 2.12. The molecule has 1 atom stereocenters. The normalized spacial score (nSPS) is 12.2. The molecule has 0 saturated carbocycles. The highest BCUT2D eigenvalue weighted by Crippen LogP contribution is 2.20. The van der Waals surface area contributed by atoms with Gasteiger partial charge in [0.2, 0.25) is 0 Å². The van der Waals surface area contributed by atoms with Crippen molar-refractivity contribution < 1.29 is 4.92 Å². The molecule has 102 valence electrons. The first-order valence-electron chi connectivity index (χ1n) is 6.32. The molecule has 1 unspecified atom stereocenters. The van der Waals surface area contributed by atoms with Crippen LogP contribution < -0.4 is 5.32 Å². The number of likely N-dealkylation sites (N-methyl/N-ethyl adjacent to an activating group) is 1. The van der Waals surface area contributed by atoms with Gasteiger partial charge in [-0.2, -0.15) is 5.26 Å². The van der Waals surface area contributed by atoms with Gasteiger partial charge in [-0.25, -0.2) is 0 Å².